The Morgan fingerprint density at radius 2 is 1.76 bits per heavy atom. The zero-order valence-electron chi connectivity index (χ0n) is 17.6. The van der Waals surface area contributed by atoms with E-state index >= 15 is 0 Å². The molecule has 0 saturated heterocycles. The Labute approximate surface area is 197 Å². The summed E-state index contributed by atoms with van der Waals surface area (Å²) in [6, 6.07) is 15.6. The first-order valence-corrected chi connectivity index (χ1v) is 12.0. The van der Waals surface area contributed by atoms with Gasteiger partial charge in [0.15, 0.2) is 0 Å². The minimum Gasteiger partial charge on any atom is -0.337 e. The van der Waals surface area contributed by atoms with Gasteiger partial charge in [-0.05, 0) is 35.9 Å². The van der Waals surface area contributed by atoms with Crippen LogP contribution >= 0.6 is 11.7 Å². The molecular weight excluding hydrogens is 489 g/mol. The van der Waals surface area contributed by atoms with Crippen molar-refractivity contribution in [3.8, 4) is 0 Å². The maximum Gasteiger partial charge on any atom is 0.416 e. The fourth-order valence-electron chi connectivity index (χ4n) is 3.32. The zero-order chi connectivity index (χ0) is 24.5. The molecule has 1 heterocycles. The van der Waals surface area contributed by atoms with Crippen LogP contribution in [0.4, 0.5) is 18.9 Å². The lowest BCUT2D eigenvalue weighted by atomic mass is 10.1. The number of fused-ring (bicyclic) bond motifs is 1. The molecule has 0 aliphatic rings. The van der Waals surface area contributed by atoms with Crippen LogP contribution in [0.25, 0.3) is 11.0 Å². The molecule has 176 valence electrons. The Balaban J connectivity index is 1.74. The normalized spacial score (nSPS) is 12.0. The van der Waals surface area contributed by atoms with Crippen LogP contribution in [0, 0.1) is 0 Å². The summed E-state index contributed by atoms with van der Waals surface area (Å²) < 4.78 is 76.5. The molecule has 3 aromatic carbocycles. The lowest BCUT2D eigenvalue weighted by molar-refractivity contribution is -0.137. The number of carbonyl (C=O) groups excluding carboxylic acids is 1. The third-order valence-electron chi connectivity index (χ3n) is 4.97. The van der Waals surface area contributed by atoms with Gasteiger partial charge in [0.1, 0.15) is 15.9 Å². The van der Waals surface area contributed by atoms with E-state index < -0.39 is 33.4 Å². The van der Waals surface area contributed by atoms with Crippen molar-refractivity contribution in [2.24, 2.45) is 0 Å². The first-order valence-electron chi connectivity index (χ1n) is 9.81. The van der Waals surface area contributed by atoms with E-state index in [1.165, 1.54) is 24.1 Å². The average Bonchev–Trinajstić information content (AvgIpc) is 3.27. The fraction of sp³-hybridized carbons (Fsp3) is 0.136. The first kappa shape index (κ1) is 23.6. The van der Waals surface area contributed by atoms with Crippen LogP contribution in [0.3, 0.4) is 0 Å². The number of benzene rings is 3. The van der Waals surface area contributed by atoms with E-state index in [1.54, 1.807) is 30.3 Å². The van der Waals surface area contributed by atoms with Crippen LogP contribution in [0.2, 0.25) is 0 Å². The fourth-order valence-corrected chi connectivity index (χ4v) is 5.16. The number of anilines is 1. The summed E-state index contributed by atoms with van der Waals surface area (Å²) >= 11 is 0.806. The number of nitrogens with zero attached hydrogens (tertiary/aromatic N) is 3. The van der Waals surface area contributed by atoms with E-state index in [4.69, 9.17) is 0 Å². The number of sulfonamides is 1. The van der Waals surface area contributed by atoms with E-state index in [9.17, 15) is 26.4 Å². The Morgan fingerprint density at radius 3 is 2.47 bits per heavy atom. The van der Waals surface area contributed by atoms with Gasteiger partial charge >= 0.3 is 6.18 Å². The molecule has 0 aliphatic carbocycles. The van der Waals surface area contributed by atoms with Gasteiger partial charge in [-0.1, -0.05) is 36.4 Å². The minimum absolute atomic E-state index is 0.0843. The third-order valence-corrected chi connectivity index (χ3v) is 6.91. The van der Waals surface area contributed by atoms with Crippen molar-refractivity contribution in [1.82, 2.24) is 13.6 Å². The number of nitrogens with one attached hydrogen (secondary N) is 1. The molecule has 0 bridgehead atoms. The molecule has 0 aliphatic heterocycles. The molecule has 0 fully saturated rings. The summed E-state index contributed by atoms with van der Waals surface area (Å²) in [5.74, 6) is -0.649. The van der Waals surface area contributed by atoms with Crippen LogP contribution in [-0.4, -0.2) is 35.0 Å². The van der Waals surface area contributed by atoms with Gasteiger partial charge in [0.2, 0.25) is 0 Å². The molecule has 0 spiro atoms. The highest BCUT2D eigenvalue weighted by atomic mass is 32.2. The van der Waals surface area contributed by atoms with Gasteiger partial charge in [-0.15, -0.1) is 0 Å². The van der Waals surface area contributed by atoms with Crippen molar-refractivity contribution in [2.75, 3.05) is 11.8 Å². The summed E-state index contributed by atoms with van der Waals surface area (Å²) in [4.78, 5) is 14.1. The van der Waals surface area contributed by atoms with Crippen molar-refractivity contribution < 1.29 is 26.4 Å². The van der Waals surface area contributed by atoms with Crippen molar-refractivity contribution in [1.29, 1.82) is 0 Å². The molecular formula is C22H17F3N4O3S2. The van der Waals surface area contributed by atoms with Crippen LogP contribution in [0.1, 0.15) is 21.5 Å². The predicted octanol–water partition coefficient (Wildman–Crippen LogP) is 4.78. The van der Waals surface area contributed by atoms with Gasteiger partial charge in [-0.25, -0.2) is 8.42 Å². The van der Waals surface area contributed by atoms with E-state index in [0.29, 0.717) is 11.6 Å². The Morgan fingerprint density at radius 1 is 1.03 bits per heavy atom. The molecule has 4 rings (SSSR count). The smallest absolute Gasteiger partial charge is 0.337 e. The number of hydrogen-bond donors (Lipinski definition) is 1. The topological polar surface area (TPSA) is 92.3 Å². The number of alkyl halides is 3. The first-order chi connectivity index (χ1) is 16.1. The lowest BCUT2D eigenvalue weighted by Crippen LogP contribution is -2.28. The summed E-state index contributed by atoms with van der Waals surface area (Å²) in [6.07, 6.45) is -4.74. The second-order valence-electron chi connectivity index (χ2n) is 7.40. The molecule has 7 nitrogen and oxygen atoms in total. The number of hydrogen-bond acceptors (Lipinski definition) is 6. The van der Waals surface area contributed by atoms with Crippen molar-refractivity contribution in [3.63, 3.8) is 0 Å². The Hall–Kier alpha value is -3.51. The van der Waals surface area contributed by atoms with Gasteiger partial charge in [0, 0.05) is 13.6 Å². The largest absolute Gasteiger partial charge is 0.416 e. The van der Waals surface area contributed by atoms with E-state index in [0.717, 1.165) is 29.4 Å². The summed E-state index contributed by atoms with van der Waals surface area (Å²) in [6.45, 7) is 0.177. The van der Waals surface area contributed by atoms with E-state index in [2.05, 4.69) is 13.5 Å². The number of rotatable bonds is 6. The Kier molecular flexibility index (Phi) is 6.28. The van der Waals surface area contributed by atoms with Gasteiger partial charge in [0.25, 0.3) is 15.9 Å². The van der Waals surface area contributed by atoms with Gasteiger partial charge in [-0.3, -0.25) is 9.52 Å². The predicted molar refractivity (Wildman–Crippen MR) is 122 cm³/mol. The molecule has 0 atom stereocenters. The molecule has 1 N–H and O–H groups in total. The molecule has 0 saturated carbocycles. The second-order valence-corrected chi connectivity index (χ2v) is 9.58. The van der Waals surface area contributed by atoms with Crippen molar-refractivity contribution in [3.05, 3.63) is 83.4 Å². The highest BCUT2D eigenvalue weighted by molar-refractivity contribution is 7.93. The molecule has 4 aromatic rings. The maximum absolute atomic E-state index is 13.4. The molecule has 1 amide bonds. The average molecular weight is 507 g/mol. The van der Waals surface area contributed by atoms with E-state index in [1.807, 2.05) is 6.07 Å². The Bertz CT molecular complexity index is 1460. The molecule has 0 unspecified atom stereocenters. The number of halogens is 3. The third kappa shape index (κ3) is 4.87. The quantitative estimate of drug-likeness (QED) is 0.406. The zero-order valence-corrected chi connectivity index (χ0v) is 19.2. The SMILES string of the molecule is CN(Cc1ccccc1)C(=O)c1ccc(C(F)(F)F)cc1NS(=O)(=O)c1cccc2nsnc12. The second kappa shape index (κ2) is 9.03. The van der Waals surface area contributed by atoms with Crippen LogP contribution in [0.5, 0.6) is 0 Å². The summed E-state index contributed by atoms with van der Waals surface area (Å²) in [5, 5.41) is 0. The highest BCUT2D eigenvalue weighted by Gasteiger charge is 2.33. The molecule has 1 aromatic heterocycles. The van der Waals surface area contributed by atoms with E-state index in [-0.39, 0.29) is 22.5 Å². The molecule has 0 radical (unpaired) electrons. The van der Waals surface area contributed by atoms with Crippen molar-refractivity contribution >= 4 is 44.4 Å². The van der Waals surface area contributed by atoms with Gasteiger partial charge < -0.3 is 4.90 Å². The minimum atomic E-state index is -4.74. The number of amides is 1. The van der Waals surface area contributed by atoms with Crippen LogP contribution < -0.4 is 4.72 Å². The van der Waals surface area contributed by atoms with Crippen molar-refractivity contribution in [2.45, 2.75) is 17.6 Å². The lowest BCUT2D eigenvalue weighted by Gasteiger charge is -2.21. The van der Waals surface area contributed by atoms with Crippen LogP contribution in [0.15, 0.2) is 71.6 Å². The molecule has 12 heteroatoms. The van der Waals surface area contributed by atoms with Crippen LogP contribution in [-0.2, 0) is 22.7 Å². The highest BCUT2D eigenvalue weighted by Crippen LogP contribution is 2.34. The standard InChI is InChI=1S/C22H17F3N4O3S2/c1-29(13-14-6-3-2-4-7-14)21(30)16-11-10-15(22(23,24)25)12-18(16)28-34(31,32)19-9-5-8-17-20(19)27-33-26-17/h2-12,28H,13H2,1H3. The number of aromatic nitrogens is 2. The molecule has 34 heavy (non-hydrogen) atoms. The monoisotopic (exact) mass is 506 g/mol. The van der Waals surface area contributed by atoms with Gasteiger partial charge in [0.05, 0.1) is 28.5 Å². The maximum atomic E-state index is 13.4. The number of carbonyl (C=O) groups is 1. The summed E-state index contributed by atoms with van der Waals surface area (Å²) in [5.41, 5.74) is -0.591. The summed E-state index contributed by atoms with van der Waals surface area (Å²) in [7, 11) is -2.92. The van der Waals surface area contributed by atoms with Gasteiger partial charge in [-0.2, -0.15) is 21.9 Å².